The van der Waals surface area contributed by atoms with Crippen molar-refractivity contribution in [1.29, 1.82) is 0 Å². The zero-order valence-electron chi connectivity index (χ0n) is 12.9. The van der Waals surface area contributed by atoms with Crippen molar-refractivity contribution in [2.24, 2.45) is 5.92 Å². The molecule has 1 amide bonds. The number of carbonyl (C=O) groups excluding carboxylic acids is 1. The number of pyridine rings is 1. The van der Waals surface area contributed by atoms with E-state index in [4.69, 9.17) is 0 Å². The van der Waals surface area contributed by atoms with Crippen LogP contribution in [-0.2, 0) is 0 Å². The van der Waals surface area contributed by atoms with Crippen LogP contribution in [0.15, 0.2) is 18.3 Å². The average molecular weight is 291 g/mol. The Morgan fingerprint density at radius 3 is 2.67 bits per heavy atom. The molecular weight excluding hydrogens is 266 g/mol. The molecule has 1 aliphatic heterocycles. The van der Waals surface area contributed by atoms with Crippen LogP contribution in [0.1, 0.15) is 43.5 Å². The van der Waals surface area contributed by atoms with Crippen molar-refractivity contribution in [1.82, 2.24) is 10.3 Å². The van der Waals surface area contributed by atoms with Gasteiger partial charge in [-0.05, 0) is 37.3 Å². The second-order valence-electron chi connectivity index (χ2n) is 5.96. The molecule has 1 aromatic rings. The van der Waals surface area contributed by atoms with Gasteiger partial charge in [-0.25, -0.2) is 4.98 Å². The zero-order chi connectivity index (χ0) is 15.2. The van der Waals surface area contributed by atoms with E-state index in [2.05, 4.69) is 15.2 Å². The molecule has 2 rings (SSSR count). The van der Waals surface area contributed by atoms with E-state index in [0.29, 0.717) is 18.5 Å². The largest absolute Gasteiger partial charge is 0.393 e. The monoisotopic (exact) mass is 291 g/mol. The van der Waals surface area contributed by atoms with E-state index in [9.17, 15) is 9.90 Å². The van der Waals surface area contributed by atoms with Gasteiger partial charge in [-0.3, -0.25) is 4.79 Å². The number of rotatable bonds is 6. The van der Waals surface area contributed by atoms with Crippen molar-refractivity contribution >= 4 is 11.7 Å². The predicted octanol–water partition coefficient (Wildman–Crippen LogP) is 1.82. The summed E-state index contributed by atoms with van der Waals surface area (Å²) in [7, 11) is 0. The molecule has 1 aliphatic rings. The number of hydrogen-bond donors (Lipinski definition) is 2. The SMILES string of the molecule is CC(C)C(O)CCNC(=O)c1ccc(N2CCCC2)nc1. The summed E-state index contributed by atoms with van der Waals surface area (Å²) in [5, 5.41) is 12.5. The Morgan fingerprint density at radius 1 is 1.38 bits per heavy atom. The van der Waals surface area contributed by atoms with Gasteiger partial charge in [0.2, 0.25) is 0 Å². The standard InChI is InChI=1S/C16H25N3O2/c1-12(2)14(20)7-8-17-16(21)13-5-6-15(18-11-13)19-9-3-4-10-19/h5-6,11-12,14,20H,3-4,7-10H2,1-2H3,(H,17,21). The maximum atomic E-state index is 12.0. The zero-order valence-corrected chi connectivity index (χ0v) is 12.9. The summed E-state index contributed by atoms with van der Waals surface area (Å²) in [6, 6.07) is 3.72. The number of carbonyl (C=O) groups is 1. The Bertz CT molecular complexity index is 453. The first-order valence-corrected chi connectivity index (χ1v) is 7.75. The molecule has 0 radical (unpaired) electrons. The van der Waals surface area contributed by atoms with E-state index in [1.165, 1.54) is 12.8 Å². The van der Waals surface area contributed by atoms with Gasteiger partial charge in [0.25, 0.3) is 5.91 Å². The third kappa shape index (κ3) is 4.43. The molecule has 0 aliphatic carbocycles. The van der Waals surface area contributed by atoms with Gasteiger partial charge in [0, 0.05) is 25.8 Å². The molecule has 0 spiro atoms. The molecule has 2 N–H and O–H groups in total. The lowest BCUT2D eigenvalue weighted by atomic mass is 10.0. The molecule has 2 heterocycles. The molecule has 5 nitrogen and oxygen atoms in total. The number of nitrogens with one attached hydrogen (secondary N) is 1. The smallest absolute Gasteiger partial charge is 0.252 e. The van der Waals surface area contributed by atoms with Crippen LogP contribution >= 0.6 is 0 Å². The van der Waals surface area contributed by atoms with Gasteiger partial charge in [0.15, 0.2) is 0 Å². The molecule has 0 aromatic carbocycles. The Balaban J connectivity index is 1.82. The van der Waals surface area contributed by atoms with Gasteiger partial charge >= 0.3 is 0 Å². The summed E-state index contributed by atoms with van der Waals surface area (Å²) in [4.78, 5) is 18.6. The summed E-state index contributed by atoms with van der Waals surface area (Å²) >= 11 is 0. The van der Waals surface area contributed by atoms with Crippen molar-refractivity contribution in [2.45, 2.75) is 39.2 Å². The van der Waals surface area contributed by atoms with E-state index in [1.54, 1.807) is 6.20 Å². The number of aliphatic hydroxyl groups is 1. The van der Waals surface area contributed by atoms with Crippen molar-refractivity contribution in [2.75, 3.05) is 24.5 Å². The van der Waals surface area contributed by atoms with Gasteiger partial charge in [-0.2, -0.15) is 0 Å². The Kier molecular flexibility index (Phi) is 5.56. The molecule has 1 saturated heterocycles. The number of anilines is 1. The number of aliphatic hydroxyl groups excluding tert-OH is 1. The molecule has 21 heavy (non-hydrogen) atoms. The lowest BCUT2D eigenvalue weighted by Crippen LogP contribution is -2.29. The van der Waals surface area contributed by atoms with E-state index in [0.717, 1.165) is 18.9 Å². The maximum Gasteiger partial charge on any atom is 0.252 e. The highest BCUT2D eigenvalue weighted by Gasteiger charge is 2.14. The van der Waals surface area contributed by atoms with Crippen molar-refractivity contribution in [3.8, 4) is 0 Å². The van der Waals surface area contributed by atoms with E-state index in [-0.39, 0.29) is 17.9 Å². The molecule has 0 saturated carbocycles. The predicted molar refractivity (Wildman–Crippen MR) is 83.5 cm³/mol. The molecule has 1 atom stereocenters. The first-order chi connectivity index (χ1) is 10.1. The third-order valence-electron chi connectivity index (χ3n) is 3.94. The molecule has 0 bridgehead atoms. The van der Waals surface area contributed by atoms with Crippen LogP contribution in [-0.4, -0.2) is 41.7 Å². The Hall–Kier alpha value is -1.62. The fourth-order valence-electron chi connectivity index (χ4n) is 2.42. The van der Waals surface area contributed by atoms with E-state index in [1.807, 2.05) is 26.0 Å². The third-order valence-corrected chi connectivity index (χ3v) is 3.94. The van der Waals surface area contributed by atoms with Gasteiger partial charge in [-0.15, -0.1) is 0 Å². The second-order valence-corrected chi connectivity index (χ2v) is 5.96. The Morgan fingerprint density at radius 2 is 2.10 bits per heavy atom. The van der Waals surface area contributed by atoms with Crippen molar-refractivity contribution in [3.63, 3.8) is 0 Å². The molecule has 1 fully saturated rings. The van der Waals surface area contributed by atoms with Gasteiger partial charge in [0.1, 0.15) is 5.82 Å². The topological polar surface area (TPSA) is 65.5 Å². The molecule has 1 unspecified atom stereocenters. The quantitative estimate of drug-likeness (QED) is 0.839. The fourth-order valence-corrected chi connectivity index (χ4v) is 2.42. The number of amides is 1. The van der Waals surface area contributed by atoms with Gasteiger partial charge < -0.3 is 15.3 Å². The summed E-state index contributed by atoms with van der Waals surface area (Å²) in [5.74, 6) is 1.02. The van der Waals surface area contributed by atoms with Gasteiger partial charge in [0.05, 0.1) is 11.7 Å². The molecule has 1 aromatic heterocycles. The van der Waals surface area contributed by atoms with Crippen LogP contribution < -0.4 is 10.2 Å². The number of hydrogen-bond acceptors (Lipinski definition) is 4. The van der Waals surface area contributed by atoms with Crippen LogP contribution in [0.25, 0.3) is 0 Å². The van der Waals surface area contributed by atoms with Crippen LogP contribution in [0.2, 0.25) is 0 Å². The minimum Gasteiger partial charge on any atom is -0.393 e. The summed E-state index contributed by atoms with van der Waals surface area (Å²) in [6.45, 7) is 6.50. The normalized spacial score (nSPS) is 16.3. The lowest BCUT2D eigenvalue weighted by molar-refractivity contribution is 0.0920. The molecular formula is C16H25N3O2. The number of aromatic nitrogens is 1. The maximum absolute atomic E-state index is 12.0. The summed E-state index contributed by atoms with van der Waals surface area (Å²) in [5.41, 5.74) is 0.567. The Labute approximate surface area is 126 Å². The van der Waals surface area contributed by atoms with Crippen molar-refractivity contribution < 1.29 is 9.90 Å². The van der Waals surface area contributed by atoms with Crippen LogP contribution in [0.5, 0.6) is 0 Å². The highest BCUT2D eigenvalue weighted by molar-refractivity contribution is 5.94. The fraction of sp³-hybridized carbons (Fsp3) is 0.625. The lowest BCUT2D eigenvalue weighted by Gasteiger charge is -2.16. The average Bonchev–Trinajstić information content (AvgIpc) is 3.01. The van der Waals surface area contributed by atoms with E-state index >= 15 is 0 Å². The number of nitrogens with zero attached hydrogens (tertiary/aromatic N) is 2. The molecule has 5 heteroatoms. The second kappa shape index (κ2) is 7.41. The van der Waals surface area contributed by atoms with Crippen LogP contribution in [0.4, 0.5) is 5.82 Å². The van der Waals surface area contributed by atoms with E-state index < -0.39 is 0 Å². The van der Waals surface area contributed by atoms with Crippen molar-refractivity contribution in [3.05, 3.63) is 23.9 Å². The summed E-state index contributed by atoms with van der Waals surface area (Å²) in [6.07, 6.45) is 4.25. The highest BCUT2D eigenvalue weighted by atomic mass is 16.3. The summed E-state index contributed by atoms with van der Waals surface area (Å²) < 4.78 is 0. The molecule has 116 valence electrons. The first-order valence-electron chi connectivity index (χ1n) is 7.75. The van der Waals surface area contributed by atoms with Crippen LogP contribution in [0, 0.1) is 5.92 Å². The minimum atomic E-state index is -0.374. The van der Waals surface area contributed by atoms with Crippen LogP contribution in [0.3, 0.4) is 0 Å². The first kappa shape index (κ1) is 15.8. The highest BCUT2D eigenvalue weighted by Crippen LogP contribution is 2.17. The van der Waals surface area contributed by atoms with Gasteiger partial charge in [-0.1, -0.05) is 13.8 Å². The minimum absolute atomic E-state index is 0.133.